The third-order valence-electron chi connectivity index (χ3n) is 10.0. The van der Waals surface area contributed by atoms with Gasteiger partial charge in [-0.25, -0.2) is 15.0 Å². The highest BCUT2D eigenvalue weighted by Crippen LogP contribution is 2.37. The Labute approximate surface area is 290 Å². The first kappa shape index (κ1) is 32.2. The Morgan fingerprint density at radius 2 is 1.14 bits per heavy atom. The molecular formula is C45H42N4. The van der Waals surface area contributed by atoms with Crippen LogP contribution in [0.4, 0.5) is 0 Å². The maximum atomic E-state index is 9.77. The van der Waals surface area contributed by atoms with Crippen molar-refractivity contribution in [2.75, 3.05) is 0 Å². The molecule has 49 heavy (non-hydrogen) atoms. The fourth-order valence-corrected chi connectivity index (χ4v) is 7.48. The number of rotatable bonds is 8. The van der Waals surface area contributed by atoms with Crippen LogP contribution in [0.1, 0.15) is 57.1 Å². The van der Waals surface area contributed by atoms with E-state index in [9.17, 15) is 5.26 Å². The quantitative estimate of drug-likeness (QED) is 0.156. The minimum Gasteiger partial charge on any atom is -0.208 e. The number of aryl methyl sites for hydroxylation is 1. The molecule has 1 aliphatic carbocycles. The number of benzene rings is 5. The normalized spacial score (nSPS) is 17.6. The van der Waals surface area contributed by atoms with Gasteiger partial charge in [0.15, 0.2) is 17.5 Å². The second-order valence-corrected chi connectivity index (χ2v) is 13.8. The smallest absolute Gasteiger partial charge is 0.164 e. The van der Waals surface area contributed by atoms with Gasteiger partial charge in [0, 0.05) is 16.7 Å². The van der Waals surface area contributed by atoms with Gasteiger partial charge in [-0.15, -0.1) is 0 Å². The second kappa shape index (κ2) is 14.8. The maximum absolute atomic E-state index is 9.77. The van der Waals surface area contributed by atoms with Crippen LogP contribution in [-0.2, 0) is 6.42 Å². The van der Waals surface area contributed by atoms with Gasteiger partial charge in [0.1, 0.15) is 0 Å². The van der Waals surface area contributed by atoms with E-state index < -0.39 is 0 Å². The Morgan fingerprint density at radius 3 is 1.84 bits per heavy atom. The summed E-state index contributed by atoms with van der Waals surface area (Å²) < 4.78 is 0. The molecule has 0 aliphatic heterocycles. The zero-order valence-corrected chi connectivity index (χ0v) is 28.4. The monoisotopic (exact) mass is 638 g/mol. The van der Waals surface area contributed by atoms with Crippen molar-refractivity contribution in [3.63, 3.8) is 0 Å². The average molecular weight is 639 g/mol. The predicted molar refractivity (Wildman–Crippen MR) is 200 cm³/mol. The minimum absolute atomic E-state index is 0.627. The van der Waals surface area contributed by atoms with E-state index >= 15 is 0 Å². The van der Waals surface area contributed by atoms with E-state index in [0.29, 0.717) is 23.0 Å². The summed E-state index contributed by atoms with van der Waals surface area (Å²) in [6.45, 7) is 4.84. The van der Waals surface area contributed by atoms with E-state index in [4.69, 9.17) is 15.0 Å². The lowest BCUT2D eigenvalue weighted by atomic mass is 9.85. The lowest BCUT2D eigenvalue weighted by molar-refractivity contribution is 0.354. The van der Waals surface area contributed by atoms with Gasteiger partial charge in [0.25, 0.3) is 0 Å². The van der Waals surface area contributed by atoms with Gasteiger partial charge < -0.3 is 0 Å². The molecule has 6 aromatic rings. The lowest BCUT2D eigenvalue weighted by Crippen LogP contribution is -2.08. The fraction of sp³-hybridized carbons (Fsp3) is 0.244. The van der Waals surface area contributed by atoms with Crippen LogP contribution in [-0.4, -0.2) is 15.0 Å². The number of aromatic nitrogens is 3. The Balaban J connectivity index is 1.34. The van der Waals surface area contributed by atoms with Gasteiger partial charge in [0.05, 0.1) is 11.6 Å². The third kappa shape index (κ3) is 7.53. The summed E-state index contributed by atoms with van der Waals surface area (Å²) in [5.41, 5.74) is 9.16. The summed E-state index contributed by atoms with van der Waals surface area (Å²) in [4.78, 5) is 15.3. The molecule has 1 saturated carbocycles. The average Bonchev–Trinajstić information content (AvgIpc) is 3.33. The van der Waals surface area contributed by atoms with Crippen molar-refractivity contribution in [2.45, 2.75) is 52.4 Å². The first-order chi connectivity index (χ1) is 24.0. The van der Waals surface area contributed by atoms with E-state index in [0.717, 1.165) is 63.1 Å². The van der Waals surface area contributed by atoms with Crippen molar-refractivity contribution in [2.24, 2.45) is 17.8 Å². The summed E-state index contributed by atoms with van der Waals surface area (Å²) in [6.07, 6.45) is 7.46. The number of nitrogens with zero attached hydrogens (tertiary/aromatic N) is 4. The summed E-state index contributed by atoms with van der Waals surface area (Å²) in [7, 11) is 0. The summed E-state index contributed by atoms with van der Waals surface area (Å²) in [5, 5.41) is 9.77. The maximum Gasteiger partial charge on any atom is 0.164 e. The molecule has 4 nitrogen and oxygen atoms in total. The molecule has 7 rings (SSSR count). The lowest BCUT2D eigenvalue weighted by Gasteiger charge is -2.20. The minimum atomic E-state index is 0.627. The Bertz CT molecular complexity index is 2070. The van der Waals surface area contributed by atoms with E-state index in [2.05, 4.69) is 86.6 Å². The third-order valence-corrected chi connectivity index (χ3v) is 10.0. The largest absolute Gasteiger partial charge is 0.208 e. The molecule has 0 radical (unpaired) electrons. The molecule has 5 aromatic carbocycles. The highest BCUT2D eigenvalue weighted by Gasteiger charge is 2.22. The van der Waals surface area contributed by atoms with E-state index in [-0.39, 0.29) is 0 Å². The highest BCUT2D eigenvalue weighted by atomic mass is 15.0. The standard InChI is InChI=1S/C45H42N4/c1-31-20-21-32(2)27-33(26-31)22-23-36-24-25-39(29-42(36)38-17-11-12-34(28-38)30-46)44-47-43(37-15-7-4-8-16-37)48-45(49-44)41-19-10-9-18-40(41)35-13-5-3-6-14-35/h3-19,24-25,28-29,31-33H,20-23,26-27H2,1-2H3/t31-,32+,33?. The van der Waals surface area contributed by atoms with Gasteiger partial charge in [-0.2, -0.15) is 5.26 Å². The molecule has 1 fully saturated rings. The first-order valence-electron chi connectivity index (χ1n) is 17.6. The molecule has 0 spiro atoms. The Kier molecular flexibility index (Phi) is 9.71. The zero-order chi connectivity index (χ0) is 33.6. The van der Waals surface area contributed by atoms with Crippen molar-refractivity contribution in [1.82, 2.24) is 15.0 Å². The van der Waals surface area contributed by atoms with Crippen LogP contribution < -0.4 is 0 Å². The van der Waals surface area contributed by atoms with Crippen molar-refractivity contribution in [3.05, 3.63) is 139 Å². The van der Waals surface area contributed by atoms with E-state index in [1.807, 2.05) is 60.7 Å². The highest BCUT2D eigenvalue weighted by molar-refractivity contribution is 5.82. The van der Waals surface area contributed by atoms with Crippen molar-refractivity contribution >= 4 is 0 Å². The van der Waals surface area contributed by atoms with Crippen LogP contribution in [0.15, 0.2) is 127 Å². The van der Waals surface area contributed by atoms with Crippen molar-refractivity contribution < 1.29 is 0 Å². The van der Waals surface area contributed by atoms with Crippen LogP contribution in [0.3, 0.4) is 0 Å². The van der Waals surface area contributed by atoms with Gasteiger partial charge in [-0.3, -0.25) is 0 Å². The van der Waals surface area contributed by atoms with Crippen LogP contribution in [0.2, 0.25) is 0 Å². The molecule has 0 saturated heterocycles. The molecule has 1 aliphatic rings. The van der Waals surface area contributed by atoms with Crippen molar-refractivity contribution in [3.8, 4) is 62.5 Å². The van der Waals surface area contributed by atoms with Gasteiger partial charge in [-0.05, 0) is 89.5 Å². The van der Waals surface area contributed by atoms with Crippen LogP contribution in [0.5, 0.6) is 0 Å². The SMILES string of the molecule is C[C@@H]1CC[C@H](C)CC(CCc2ccc(-c3nc(-c4ccccc4)nc(-c4ccccc4-c4ccccc4)n3)cc2-c2cccc(C#N)c2)C1. The molecule has 1 heterocycles. The van der Waals surface area contributed by atoms with Gasteiger partial charge >= 0.3 is 0 Å². The van der Waals surface area contributed by atoms with Crippen molar-refractivity contribution in [1.29, 1.82) is 5.26 Å². The van der Waals surface area contributed by atoms with Gasteiger partial charge in [-0.1, -0.05) is 136 Å². The molecule has 0 bridgehead atoms. The molecule has 0 amide bonds. The molecule has 4 heteroatoms. The number of hydrogen-bond acceptors (Lipinski definition) is 4. The molecule has 242 valence electrons. The Morgan fingerprint density at radius 1 is 0.551 bits per heavy atom. The summed E-state index contributed by atoms with van der Waals surface area (Å²) >= 11 is 0. The van der Waals surface area contributed by atoms with E-state index in [1.165, 1.54) is 37.7 Å². The topological polar surface area (TPSA) is 62.5 Å². The molecule has 3 atom stereocenters. The van der Waals surface area contributed by atoms with Crippen LogP contribution >= 0.6 is 0 Å². The van der Waals surface area contributed by atoms with Gasteiger partial charge in [0.2, 0.25) is 0 Å². The Hall–Kier alpha value is -5.40. The second-order valence-electron chi connectivity index (χ2n) is 13.8. The molecular weight excluding hydrogens is 597 g/mol. The first-order valence-corrected chi connectivity index (χ1v) is 17.6. The van der Waals surface area contributed by atoms with E-state index in [1.54, 1.807) is 0 Å². The zero-order valence-electron chi connectivity index (χ0n) is 28.4. The summed E-state index contributed by atoms with van der Waals surface area (Å²) in [5.74, 6) is 4.20. The molecule has 1 aromatic heterocycles. The summed E-state index contributed by atoms with van der Waals surface area (Å²) in [6, 6.07) is 45.8. The number of nitriles is 1. The number of hydrogen-bond donors (Lipinski definition) is 0. The van der Waals surface area contributed by atoms with Crippen LogP contribution in [0, 0.1) is 29.1 Å². The predicted octanol–water partition coefficient (Wildman–Crippen LogP) is 11.5. The molecule has 0 N–H and O–H groups in total. The fourth-order valence-electron chi connectivity index (χ4n) is 7.48. The molecule has 1 unspecified atom stereocenters. The van der Waals surface area contributed by atoms with Crippen LogP contribution in [0.25, 0.3) is 56.4 Å².